The summed E-state index contributed by atoms with van der Waals surface area (Å²) in [4.78, 5) is 30.8. The highest BCUT2D eigenvalue weighted by atomic mass is 16.5. The van der Waals surface area contributed by atoms with Crippen LogP contribution in [0.1, 0.15) is 37.2 Å². The maximum absolute atomic E-state index is 12.9. The third-order valence-corrected chi connectivity index (χ3v) is 7.87. The number of urea groups is 1. The van der Waals surface area contributed by atoms with Gasteiger partial charge in [0.05, 0.1) is 12.1 Å². The molecular formula is C23H30N4O3. The summed E-state index contributed by atoms with van der Waals surface area (Å²) >= 11 is 0. The van der Waals surface area contributed by atoms with Crippen LogP contribution in [0.5, 0.6) is 0 Å². The Labute approximate surface area is 177 Å². The summed E-state index contributed by atoms with van der Waals surface area (Å²) in [5, 5.41) is 2.97. The molecule has 0 radical (unpaired) electrons. The fraction of sp³-hybridized carbons (Fsp3) is 0.652. The molecule has 0 aromatic heterocycles. The predicted octanol–water partition coefficient (Wildman–Crippen LogP) is 1.79. The lowest BCUT2D eigenvalue weighted by Gasteiger charge is -2.46. The number of anilines is 1. The standard InChI is InChI=1S/C23H30N4O3/c28-21-14-30-20-5-9-25(13-19(20)24-21)22(29)27-11-17(12-27)16-1-3-18(4-2-16)26-10-8-23(15-26)6-7-23/h1-4,17,19-20H,5-15H2,(H,24,28)/t19-,20+/m1/s1. The van der Waals surface area contributed by atoms with Gasteiger partial charge in [-0.25, -0.2) is 4.79 Å². The molecule has 1 saturated carbocycles. The summed E-state index contributed by atoms with van der Waals surface area (Å²) in [5.41, 5.74) is 3.32. The summed E-state index contributed by atoms with van der Waals surface area (Å²) in [5.74, 6) is 0.339. The second-order valence-electron chi connectivity index (χ2n) is 9.91. The average molecular weight is 411 g/mol. The maximum atomic E-state index is 12.9. The highest BCUT2D eigenvalue weighted by Crippen LogP contribution is 2.53. The van der Waals surface area contributed by atoms with Gasteiger partial charge >= 0.3 is 6.03 Å². The van der Waals surface area contributed by atoms with Gasteiger partial charge < -0.3 is 24.8 Å². The molecule has 4 aliphatic heterocycles. The Kier molecular flexibility index (Phi) is 4.23. The third-order valence-electron chi connectivity index (χ3n) is 7.87. The monoisotopic (exact) mass is 410 g/mol. The lowest BCUT2D eigenvalue weighted by Crippen LogP contribution is -2.63. The number of rotatable bonds is 2. The second kappa shape index (κ2) is 6.87. The minimum atomic E-state index is -0.0840. The number of morpholine rings is 1. The summed E-state index contributed by atoms with van der Waals surface area (Å²) in [6, 6.07) is 9.04. The normalized spacial score (nSPS) is 30.1. The van der Waals surface area contributed by atoms with Crippen LogP contribution in [0.3, 0.4) is 0 Å². The molecule has 0 bridgehead atoms. The first kappa shape index (κ1) is 18.5. The highest BCUT2D eigenvalue weighted by Gasteiger charge is 2.47. The van der Waals surface area contributed by atoms with Crippen LogP contribution in [0.25, 0.3) is 0 Å². The lowest BCUT2D eigenvalue weighted by atomic mass is 9.91. The second-order valence-corrected chi connectivity index (χ2v) is 9.91. The van der Waals surface area contributed by atoms with Gasteiger partial charge in [-0.15, -0.1) is 0 Å². The molecule has 2 atom stereocenters. The summed E-state index contributed by atoms with van der Waals surface area (Å²) in [6.07, 6.45) is 4.99. The number of nitrogens with zero attached hydrogens (tertiary/aromatic N) is 3. The number of carbonyl (C=O) groups is 2. The highest BCUT2D eigenvalue weighted by molar-refractivity contribution is 5.79. The Morgan fingerprint density at radius 2 is 1.83 bits per heavy atom. The molecular weight excluding hydrogens is 380 g/mol. The minimum Gasteiger partial charge on any atom is -0.371 e. The van der Waals surface area contributed by atoms with E-state index in [1.165, 1.54) is 43.6 Å². The van der Waals surface area contributed by atoms with Crippen LogP contribution >= 0.6 is 0 Å². The third kappa shape index (κ3) is 3.23. The van der Waals surface area contributed by atoms with Crippen molar-refractivity contribution in [1.82, 2.24) is 15.1 Å². The maximum Gasteiger partial charge on any atom is 0.320 e. The van der Waals surface area contributed by atoms with Gasteiger partial charge in [-0.1, -0.05) is 12.1 Å². The summed E-state index contributed by atoms with van der Waals surface area (Å²) in [7, 11) is 0. The number of benzene rings is 1. The molecule has 3 amide bonds. The lowest BCUT2D eigenvalue weighted by molar-refractivity contribution is -0.139. The molecule has 1 N–H and O–H groups in total. The van der Waals surface area contributed by atoms with E-state index >= 15 is 0 Å². The summed E-state index contributed by atoms with van der Waals surface area (Å²) in [6.45, 7) is 5.35. The van der Waals surface area contributed by atoms with Crippen LogP contribution in [0.15, 0.2) is 24.3 Å². The van der Waals surface area contributed by atoms with Crippen LogP contribution in [0, 0.1) is 5.41 Å². The number of piperidine rings is 1. The first-order valence-electron chi connectivity index (χ1n) is 11.4. The Balaban J connectivity index is 1.02. The van der Waals surface area contributed by atoms with Gasteiger partial charge in [0, 0.05) is 50.9 Å². The van der Waals surface area contributed by atoms with Crippen LogP contribution < -0.4 is 10.2 Å². The van der Waals surface area contributed by atoms with Crippen molar-refractivity contribution < 1.29 is 14.3 Å². The number of amides is 3. The van der Waals surface area contributed by atoms with E-state index in [9.17, 15) is 9.59 Å². The van der Waals surface area contributed by atoms with E-state index in [0.717, 1.165) is 19.5 Å². The molecule has 1 aromatic carbocycles. The molecule has 0 unspecified atom stereocenters. The Hall–Kier alpha value is -2.28. The molecule has 6 rings (SSSR count). The van der Waals surface area contributed by atoms with E-state index < -0.39 is 0 Å². The van der Waals surface area contributed by atoms with E-state index in [4.69, 9.17) is 4.74 Å². The Morgan fingerprint density at radius 1 is 1.03 bits per heavy atom. The predicted molar refractivity (Wildman–Crippen MR) is 113 cm³/mol. The fourth-order valence-electron chi connectivity index (χ4n) is 5.62. The smallest absolute Gasteiger partial charge is 0.320 e. The van der Waals surface area contributed by atoms with Crippen molar-refractivity contribution in [3.63, 3.8) is 0 Å². The van der Waals surface area contributed by atoms with Crippen LogP contribution in [0.2, 0.25) is 0 Å². The number of fused-ring (bicyclic) bond motifs is 1. The molecule has 1 aromatic rings. The van der Waals surface area contributed by atoms with E-state index in [0.29, 0.717) is 24.4 Å². The zero-order valence-corrected chi connectivity index (χ0v) is 17.4. The van der Waals surface area contributed by atoms with E-state index in [1.54, 1.807) is 0 Å². The van der Waals surface area contributed by atoms with Gasteiger partial charge in [-0.3, -0.25) is 4.79 Å². The molecule has 4 saturated heterocycles. The van der Waals surface area contributed by atoms with Gasteiger partial charge in [0.15, 0.2) is 0 Å². The van der Waals surface area contributed by atoms with E-state index in [2.05, 4.69) is 34.5 Å². The van der Waals surface area contributed by atoms with Crippen molar-refractivity contribution >= 4 is 17.6 Å². The molecule has 5 fully saturated rings. The van der Waals surface area contributed by atoms with Crippen molar-refractivity contribution in [2.45, 2.75) is 43.7 Å². The number of carbonyl (C=O) groups excluding carboxylic acids is 2. The van der Waals surface area contributed by atoms with E-state index in [-0.39, 0.29) is 30.7 Å². The van der Waals surface area contributed by atoms with Gasteiger partial charge in [0.2, 0.25) is 5.91 Å². The quantitative estimate of drug-likeness (QED) is 0.807. The van der Waals surface area contributed by atoms with Crippen LogP contribution in [-0.2, 0) is 9.53 Å². The molecule has 1 spiro atoms. The zero-order chi connectivity index (χ0) is 20.3. The number of hydrogen-bond acceptors (Lipinski definition) is 4. The van der Waals surface area contributed by atoms with Gasteiger partial charge in [-0.2, -0.15) is 0 Å². The van der Waals surface area contributed by atoms with Gasteiger partial charge in [0.25, 0.3) is 0 Å². The average Bonchev–Trinajstić information content (AvgIpc) is 3.35. The topological polar surface area (TPSA) is 65.1 Å². The van der Waals surface area contributed by atoms with Crippen LogP contribution in [-0.4, -0.2) is 79.8 Å². The SMILES string of the molecule is O=C1CO[C@H]2CCN(C(=O)N3CC(c4ccc(N5CCC6(CC6)C5)cc4)C3)C[C@H]2N1. The molecule has 5 aliphatic rings. The molecule has 30 heavy (non-hydrogen) atoms. The van der Waals surface area contributed by atoms with Crippen molar-refractivity contribution in [3.05, 3.63) is 29.8 Å². The summed E-state index contributed by atoms with van der Waals surface area (Å²) < 4.78 is 5.59. The largest absolute Gasteiger partial charge is 0.371 e. The van der Waals surface area contributed by atoms with E-state index in [1.807, 2.05) is 9.80 Å². The fourth-order valence-corrected chi connectivity index (χ4v) is 5.62. The molecule has 7 nitrogen and oxygen atoms in total. The molecule has 1 aliphatic carbocycles. The zero-order valence-electron chi connectivity index (χ0n) is 17.4. The molecule has 160 valence electrons. The Morgan fingerprint density at radius 3 is 2.57 bits per heavy atom. The number of hydrogen-bond donors (Lipinski definition) is 1. The first-order chi connectivity index (χ1) is 14.6. The molecule has 7 heteroatoms. The number of ether oxygens (including phenoxy) is 1. The van der Waals surface area contributed by atoms with Crippen molar-refractivity contribution in [2.24, 2.45) is 5.41 Å². The number of likely N-dealkylation sites (tertiary alicyclic amines) is 2. The minimum absolute atomic E-state index is 0.0415. The van der Waals surface area contributed by atoms with Gasteiger partial charge in [0.1, 0.15) is 6.61 Å². The van der Waals surface area contributed by atoms with Crippen molar-refractivity contribution in [3.8, 4) is 0 Å². The van der Waals surface area contributed by atoms with Crippen LogP contribution in [0.4, 0.5) is 10.5 Å². The Bertz CT molecular complexity index is 847. The first-order valence-corrected chi connectivity index (χ1v) is 11.4. The number of nitrogens with one attached hydrogen (secondary N) is 1. The molecule has 4 heterocycles. The van der Waals surface area contributed by atoms with Crippen molar-refractivity contribution in [2.75, 3.05) is 50.8 Å². The van der Waals surface area contributed by atoms with Gasteiger partial charge in [-0.05, 0) is 48.8 Å². The van der Waals surface area contributed by atoms with Crippen molar-refractivity contribution in [1.29, 1.82) is 0 Å².